The second kappa shape index (κ2) is 9.31. The molecule has 2 aromatic rings. The fourth-order valence-corrected chi connectivity index (χ4v) is 2.76. The van der Waals surface area contributed by atoms with Gasteiger partial charge in [-0.1, -0.05) is 53.5 Å². The van der Waals surface area contributed by atoms with Gasteiger partial charge in [0.25, 0.3) is 0 Å². The fourth-order valence-electron chi connectivity index (χ4n) is 2.26. The number of phenolic OH excluding ortho intramolecular Hbond substituents is 1. The third-order valence-electron chi connectivity index (χ3n) is 3.44. The third-order valence-corrected chi connectivity index (χ3v) is 3.94. The van der Waals surface area contributed by atoms with Crippen molar-refractivity contribution in [3.63, 3.8) is 0 Å². The highest BCUT2D eigenvalue weighted by atomic mass is 35.5. The molecule has 0 aromatic heterocycles. The smallest absolute Gasteiger partial charge is 0.329 e. The van der Waals surface area contributed by atoms with Crippen LogP contribution in [0, 0.1) is 0 Å². The van der Waals surface area contributed by atoms with Crippen LogP contribution in [-0.2, 0) is 16.0 Å². The average Bonchev–Trinajstić information content (AvgIpc) is 2.59. The Morgan fingerprint density at radius 1 is 1.19 bits per heavy atom. The fraction of sp³-hybridized carbons (Fsp3) is 0.222. The third kappa shape index (κ3) is 5.54. The predicted octanol–water partition coefficient (Wildman–Crippen LogP) is 3.99. The van der Waals surface area contributed by atoms with Crippen molar-refractivity contribution in [2.24, 2.45) is 0 Å². The molecule has 0 aliphatic heterocycles. The van der Waals surface area contributed by atoms with Crippen LogP contribution in [0.2, 0.25) is 10.0 Å². The number of phenols is 1. The van der Waals surface area contributed by atoms with Crippen molar-refractivity contribution in [3.8, 4) is 5.75 Å². The molecular formula is C18H18Cl2N2O4. The maximum Gasteiger partial charge on any atom is 0.329 e. The van der Waals surface area contributed by atoms with Gasteiger partial charge in [-0.2, -0.15) is 0 Å². The molecule has 0 aliphatic carbocycles. The molecule has 0 bridgehead atoms. The monoisotopic (exact) mass is 396 g/mol. The van der Waals surface area contributed by atoms with Gasteiger partial charge < -0.3 is 20.5 Å². The lowest BCUT2D eigenvalue weighted by Gasteiger charge is -2.18. The Morgan fingerprint density at radius 2 is 1.88 bits per heavy atom. The first-order valence-electron chi connectivity index (χ1n) is 7.86. The van der Waals surface area contributed by atoms with E-state index in [0.29, 0.717) is 0 Å². The Kier molecular flexibility index (Phi) is 7.12. The summed E-state index contributed by atoms with van der Waals surface area (Å²) in [5.74, 6) is -0.873. The molecule has 1 atom stereocenters. The number of esters is 1. The number of halogens is 2. The molecule has 0 heterocycles. The van der Waals surface area contributed by atoms with E-state index in [9.17, 15) is 14.7 Å². The van der Waals surface area contributed by atoms with E-state index in [2.05, 4.69) is 10.6 Å². The van der Waals surface area contributed by atoms with Crippen LogP contribution in [-0.4, -0.2) is 29.8 Å². The molecule has 0 saturated heterocycles. The first-order valence-corrected chi connectivity index (χ1v) is 8.62. The van der Waals surface area contributed by atoms with E-state index in [4.69, 9.17) is 27.9 Å². The Labute approximate surface area is 161 Å². The lowest BCUT2D eigenvalue weighted by Crippen LogP contribution is -2.45. The van der Waals surface area contributed by atoms with E-state index in [1.807, 2.05) is 30.3 Å². The lowest BCUT2D eigenvalue weighted by molar-refractivity contribution is -0.145. The van der Waals surface area contributed by atoms with Crippen molar-refractivity contribution in [1.29, 1.82) is 0 Å². The van der Waals surface area contributed by atoms with Crippen LogP contribution in [0.5, 0.6) is 5.75 Å². The van der Waals surface area contributed by atoms with E-state index < -0.39 is 18.0 Å². The maximum absolute atomic E-state index is 12.3. The first-order chi connectivity index (χ1) is 12.4. The second-order valence-electron chi connectivity index (χ2n) is 5.38. The summed E-state index contributed by atoms with van der Waals surface area (Å²) in [6, 6.07) is 10.3. The summed E-state index contributed by atoms with van der Waals surface area (Å²) in [7, 11) is 0. The van der Waals surface area contributed by atoms with E-state index in [1.165, 1.54) is 12.1 Å². The van der Waals surface area contributed by atoms with Gasteiger partial charge in [0.15, 0.2) is 5.75 Å². The topological polar surface area (TPSA) is 87.7 Å². The number of hydrogen-bond donors (Lipinski definition) is 3. The number of nitrogens with one attached hydrogen (secondary N) is 2. The number of ether oxygens (including phenoxy) is 1. The van der Waals surface area contributed by atoms with Crippen LogP contribution < -0.4 is 10.6 Å². The average molecular weight is 397 g/mol. The summed E-state index contributed by atoms with van der Waals surface area (Å²) in [5.41, 5.74) is 0.891. The van der Waals surface area contributed by atoms with E-state index in [1.54, 1.807) is 6.92 Å². The summed E-state index contributed by atoms with van der Waals surface area (Å²) in [4.78, 5) is 24.4. The SMILES string of the molecule is CCOC(=O)C(Cc1ccccc1)NC(=O)Nc1cc(Cl)cc(Cl)c1O. The number of carbonyl (C=O) groups is 2. The zero-order chi connectivity index (χ0) is 19.1. The molecule has 0 radical (unpaired) electrons. The highest BCUT2D eigenvalue weighted by Gasteiger charge is 2.23. The first kappa shape index (κ1) is 19.9. The molecule has 3 N–H and O–H groups in total. The minimum absolute atomic E-state index is 0.000900. The lowest BCUT2D eigenvalue weighted by atomic mass is 10.1. The van der Waals surface area contributed by atoms with Crippen molar-refractivity contribution in [2.45, 2.75) is 19.4 Å². The number of benzene rings is 2. The van der Waals surface area contributed by atoms with Gasteiger partial charge >= 0.3 is 12.0 Å². The number of rotatable bonds is 6. The zero-order valence-electron chi connectivity index (χ0n) is 14.0. The molecule has 2 amide bonds. The highest BCUT2D eigenvalue weighted by molar-refractivity contribution is 6.36. The molecule has 0 saturated carbocycles. The standard InChI is InChI=1S/C18H18Cl2N2O4/c1-2-26-17(24)15(8-11-6-4-3-5-7-11)22-18(25)21-14-10-12(19)9-13(20)16(14)23/h3-7,9-10,15,23H,2,8H2,1H3,(H2,21,22,25). The number of amides is 2. The van der Waals surface area contributed by atoms with Crippen LogP contribution in [0.25, 0.3) is 0 Å². The van der Waals surface area contributed by atoms with Crippen LogP contribution in [0.1, 0.15) is 12.5 Å². The van der Waals surface area contributed by atoms with Gasteiger partial charge in [-0.15, -0.1) is 0 Å². The van der Waals surface area contributed by atoms with Crippen LogP contribution in [0.3, 0.4) is 0 Å². The van der Waals surface area contributed by atoms with Crippen molar-refractivity contribution < 1.29 is 19.4 Å². The Morgan fingerprint density at radius 3 is 2.54 bits per heavy atom. The summed E-state index contributed by atoms with van der Waals surface area (Å²) < 4.78 is 5.02. The van der Waals surface area contributed by atoms with Gasteiger partial charge in [0.2, 0.25) is 0 Å². The Bertz CT molecular complexity index is 784. The Balaban J connectivity index is 2.12. The van der Waals surface area contributed by atoms with Crippen LogP contribution >= 0.6 is 23.2 Å². The summed E-state index contributed by atoms with van der Waals surface area (Å²) in [5, 5.41) is 15.1. The summed E-state index contributed by atoms with van der Waals surface area (Å²) >= 11 is 11.7. The normalized spacial score (nSPS) is 11.5. The molecule has 8 heteroatoms. The molecular weight excluding hydrogens is 379 g/mol. The maximum atomic E-state index is 12.3. The Hall–Kier alpha value is -2.44. The van der Waals surface area contributed by atoms with Gasteiger partial charge in [0.05, 0.1) is 17.3 Å². The molecule has 138 valence electrons. The van der Waals surface area contributed by atoms with Gasteiger partial charge in [0, 0.05) is 11.4 Å². The van der Waals surface area contributed by atoms with Gasteiger partial charge in [-0.05, 0) is 24.6 Å². The molecule has 0 fully saturated rings. The number of urea groups is 1. The zero-order valence-corrected chi connectivity index (χ0v) is 15.5. The van der Waals surface area contributed by atoms with Crippen molar-refractivity contribution in [2.75, 3.05) is 11.9 Å². The highest BCUT2D eigenvalue weighted by Crippen LogP contribution is 2.34. The molecule has 1 unspecified atom stereocenters. The molecule has 6 nitrogen and oxygen atoms in total. The van der Waals surface area contributed by atoms with Crippen molar-refractivity contribution >= 4 is 40.9 Å². The second-order valence-corrected chi connectivity index (χ2v) is 6.22. The molecule has 2 rings (SSSR count). The largest absolute Gasteiger partial charge is 0.504 e. The van der Waals surface area contributed by atoms with Crippen molar-refractivity contribution in [3.05, 3.63) is 58.1 Å². The number of aromatic hydroxyl groups is 1. The minimum Gasteiger partial charge on any atom is -0.504 e. The van der Waals surface area contributed by atoms with Crippen molar-refractivity contribution in [1.82, 2.24) is 5.32 Å². The summed E-state index contributed by atoms with van der Waals surface area (Å²) in [6.07, 6.45) is 0.259. The molecule has 0 aliphatic rings. The van der Waals surface area contributed by atoms with E-state index in [0.717, 1.165) is 5.56 Å². The predicted molar refractivity (Wildman–Crippen MR) is 101 cm³/mol. The van der Waals surface area contributed by atoms with E-state index in [-0.39, 0.29) is 34.5 Å². The quantitative estimate of drug-likeness (QED) is 0.508. The van der Waals surface area contributed by atoms with Crippen LogP contribution in [0.15, 0.2) is 42.5 Å². The molecule has 26 heavy (non-hydrogen) atoms. The van der Waals surface area contributed by atoms with E-state index >= 15 is 0 Å². The van der Waals surface area contributed by atoms with Gasteiger partial charge in [0.1, 0.15) is 6.04 Å². The summed E-state index contributed by atoms with van der Waals surface area (Å²) in [6.45, 7) is 1.88. The minimum atomic E-state index is -0.894. The number of hydrogen-bond acceptors (Lipinski definition) is 4. The van der Waals surface area contributed by atoms with Crippen LogP contribution in [0.4, 0.5) is 10.5 Å². The molecule has 0 spiro atoms. The number of anilines is 1. The van der Waals surface area contributed by atoms with Gasteiger partial charge in [-0.3, -0.25) is 0 Å². The molecule has 2 aromatic carbocycles. The number of carbonyl (C=O) groups excluding carboxylic acids is 2. The van der Waals surface area contributed by atoms with Gasteiger partial charge in [-0.25, -0.2) is 9.59 Å².